The van der Waals surface area contributed by atoms with E-state index in [9.17, 15) is 0 Å². The van der Waals surface area contributed by atoms with Crippen LogP contribution in [0.4, 0.5) is 0 Å². The number of nitrogens with one attached hydrogen (secondary N) is 2. The van der Waals surface area contributed by atoms with E-state index >= 15 is 0 Å². The first-order valence-corrected chi connectivity index (χ1v) is 8.57. The molecule has 134 valence electrons. The number of nitrogens with zero attached hydrogens (tertiary/aromatic N) is 2. The van der Waals surface area contributed by atoms with Crippen molar-refractivity contribution >= 4 is 5.96 Å². The normalized spacial score (nSPS) is 18.9. The summed E-state index contributed by atoms with van der Waals surface area (Å²) in [6.45, 7) is 7.01. The van der Waals surface area contributed by atoms with Gasteiger partial charge in [-0.2, -0.15) is 0 Å². The Morgan fingerprint density at radius 1 is 1.29 bits per heavy atom. The second kappa shape index (κ2) is 10.3. The van der Waals surface area contributed by atoms with E-state index in [-0.39, 0.29) is 6.04 Å². The van der Waals surface area contributed by atoms with E-state index < -0.39 is 0 Å². The second-order valence-corrected chi connectivity index (χ2v) is 6.03. The molecule has 24 heavy (non-hydrogen) atoms. The molecule has 0 amide bonds. The van der Waals surface area contributed by atoms with Gasteiger partial charge in [-0.3, -0.25) is 9.89 Å². The Balaban J connectivity index is 1.99. The third-order valence-electron chi connectivity index (χ3n) is 4.16. The van der Waals surface area contributed by atoms with Crippen LogP contribution in [0.3, 0.4) is 0 Å². The summed E-state index contributed by atoms with van der Waals surface area (Å²) in [6.07, 6.45) is 0. The van der Waals surface area contributed by atoms with Crippen molar-refractivity contribution in [3.05, 3.63) is 35.9 Å². The Hall–Kier alpha value is -1.63. The van der Waals surface area contributed by atoms with Crippen LogP contribution >= 0.6 is 0 Å². The molecular weight excluding hydrogens is 304 g/mol. The van der Waals surface area contributed by atoms with E-state index in [2.05, 4.69) is 57.8 Å². The third kappa shape index (κ3) is 5.78. The summed E-state index contributed by atoms with van der Waals surface area (Å²) in [5.41, 5.74) is 1.31. The molecule has 2 rings (SSSR count). The standard InChI is InChI=1S/C18H30N4O2/c1-15(14-23-3)21-18(19-2)20-13-17(16-7-5-4-6-8-16)22-9-11-24-12-10-22/h4-8,15,17H,9-14H2,1-3H3,(H2,19,20,21). The molecule has 1 aliphatic rings. The van der Waals surface area contributed by atoms with Crippen LogP contribution in [0.25, 0.3) is 0 Å². The summed E-state index contributed by atoms with van der Waals surface area (Å²) >= 11 is 0. The van der Waals surface area contributed by atoms with E-state index in [1.165, 1.54) is 5.56 Å². The Labute approximate surface area is 145 Å². The summed E-state index contributed by atoms with van der Waals surface area (Å²) < 4.78 is 10.7. The molecule has 0 radical (unpaired) electrons. The highest BCUT2D eigenvalue weighted by Gasteiger charge is 2.22. The van der Waals surface area contributed by atoms with E-state index in [4.69, 9.17) is 9.47 Å². The van der Waals surface area contributed by atoms with Gasteiger partial charge in [0.25, 0.3) is 0 Å². The molecule has 2 unspecified atom stereocenters. The van der Waals surface area contributed by atoms with Gasteiger partial charge in [0.2, 0.25) is 0 Å². The van der Waals surface area contributed by atoms with Gasteiger partial charge in [0.1, 0.15) is 0 Å². The Bertz CT molecular complexity index is 489. The van der Waals surface area contributed by atoms with Crippen molar-refractivity contribution in [2.75, 3.05) is 53.6 Å². The minimum absolute atomic E-state index is 0.208. The van der Waals surface area contributed by atoms with Crippen LogP contribution in [-0.4, -0.2) is 70.5 Å². The maximum Gasteiger partial charge on any atom is 0.191 e. The maximum absolute atomic E-state index is 5.50. The molecule has 1 heterocycles. The molecule has 1 aliphatic heterocycles. The molecule has 0 saturated carbocycles. The molecule has 1 aromatic carbocycles. The minimum Gasteiger partial charge on any atom is -0.383 e. The SMILES string of the molecule is CN=C(NCC(c1ccccc1)N1CCOCC1)NC(C)COC. The lowest BCUT2D eigenvalue weighted by Crippen LogP contribution is -2.48. The lowest BCUT2D eigenvalue weighted by molar-refractivity contribution is 0.0170. The molecule has 1 aromatic rings. The number of benzene rings is 1. The monoisotopic (exact) mass is 334 g/mol. The summed E-state index contributed by atoms with van der Waals surface area (Å²) in [6, 6.07) is 11.1. The van der Waals surface area contributed by atoms with Crippen LogP contribution in [0.15, 0.2) is 35.3 Å². The number of methoxy groups -OCH3 is 1. The first kappa shape index (κ1) is 18.7. The number of ether oxygens (including phenoxy) is 2. The van der Waals surface area contributed by atoms with Crippen molar-refractivity contribution in [3.8, 4) is 0 Å². The third-order valence-corrected chi connectivity index (χ3v) is 4.16. The number of hydrogen-bond donors (Lipinski definition) is 2. The molecule has 2 atom stereocenters. The summed E-state index contributed by atoms with van der Waals surface area (Å²) in [5.74, 6) is 0.800. The fraction of sp³-hybridized carbons (Fsp3) is 0.611. The zero-order valence-electron chi connectivity index (χ0n) is 15.0. The summed E-state index contributed by atoms with van der Waals surface area (Å²) in [4.78, 5) is 6.79. The van der Waals surface area contributed by atoms with Crippen molar-refractivity contribution in [1.29, 1.82) is 0 Å². The van der Waals surface area contributed by atoms with E-state index in [1.54, 1.807) is 14.2 Å². The molecular formula is C18H30N4O2. The van der Waals surface area contributed by atoms with Gasteiger partial charge < -0.3 is 20.1 Å². The van der Waals surface area contributed by atoms with Crippen LogP contribution < -0.4 is 10.6 Å². The van der Waals surface area contributed by atoms with Gasteiger partial charge in [0.15, 0.2) is 5.96 Å². The summed E-state index contributed by atoms with van der Waals surface area (Å²) in [5, 5.41) is 6.80. The predicted molar refractivity (Wildman–Crippen MR) is 97.4 cm³/mol. The fourth-order valence-electron chi connectivity index (χ4n) is 2.94. The number of guanidine groups is 1. The molecule has 0 aromatic heterocycles. The van der Waals surface area contributed by atoms with Crippen LogP contribution in [0.5, 0.6) is 0 Å². The Morgan fingerprint density at radius 3 is 2.62 bits per heavy atom. The number of rotatable bonds is 7. The van der Waals surface area contributed by atoms with Gasteiger partial charge in [-0.1, -0.05) is 30.3 Å². The highest BCUT2D eigenvalue weighted by atomic mass is 16.5. The molecule has 0 aliphatic carbocycles. The zero-order valence-corrected chi connectivity index (χ0v) is 15.0. The first-order chi connectivity index (χ1) is 11.7. The van der Waals surface area contributed by atoms with Crippen molar-refractivity contribution < 1.29 is 9.47 Å². The van der Waals surface area contributed by atoms with Crippen LogP contribution in [0, 0.1) is 0 Å². The van der Waals surface area contributed by atoms with Gasteiger partial charge >= 0.3 is 0 Å². The fourth-order valence-corrected chi connectivity index (χ4v) is 2.94. The molecule has 0 bridgehead atoms. The average molecular weight is 334 g/mol. The number of hydrogen-bond acceptors (Lipinski definition) is 4. The maximum atomic E-state index is 5.50. The van der Waals surface area contributed by atoms with Crippen LogP contribution in [0.2, 0.25) is 0 Å². The van der Waals surface area contributed by atoms with Gasteiger partial charge in [-0.25, -0.2) is 0 Å². The second-order valence-electron chi connectivity index (χ2n) is 6.03. The lowest BCUT2D eigenvalue weighted by Gasteiger charge is -2.35. The minimum atomic E-state index is 0.208. The lowest BCUT2D eigenvalue weighted by atomic mass is 10.0. The number of aliphatic imine (C=N–C) groups is 1. The van der Waals surface area contributed by atoms with Gasteiger partial charge in [0.05, 0.1) is 25.9 Å². The van der Waals surface area contributed by atoms with E-state index in [1.807, 2.05) is 0 Å². The molecule has 6 heteroatoms. The van der Waals surface area contributed by atoms with Gasteiger partial charge in [0, 0.05) is 39.8 Å². The zero-order chi connectivity index (χ0) is 17.2. The Morgan fingerprint density at radius 2 is 2.00 bits per heavy atom. The highest BCUT2D eigenvalue weighted by Crippen LogP contribution is 2.20. The van der Waals surface area contributed by atoms with E-state index in [0.717, 1.165) is 38.8 Å². The predicted octanol–water partition coefficient (Wildman–Crippen LogP) is 1.26. The molecule has 1 saturated heterocycles. The highest BCUT2D eigenvalue weighted by molar-refractivity contribution is 5.80. The molecule has 6 nitrogen and oxygen atoms in total. The van der Waals surface area contributed by atoms with Gasteiger partial charge in [-0.05, 0) is 12.5 Å². The summed E-state index contributed by atoms with van der Waals surface area (Å²) in [7, 11) is 3.50. The molecule has 0 spiro atoms. The quantitative estimate of drug-likeness (QED) is 0.581. The Kier molecular flexibility index (Phi) is 8.01. The van der Waals surface area contributed by atoms with Crippen molar-refractivity contribution in [1.82, 2.24) is 15.5 Å². The molecule has 1 fully saturated rings. The first-order valence-electron chi connectivity index (χ1n) is 8.57. The van der Waals surface area contributed by atoms with Crippen molar-refractivity contribution in [2.45, 2.75) is 19.0 Å². The smallest absolute Gasteiger partial charge is 0.191 e. The van der Waals surface area contributed by atoms with Crippen LogP contribution in [0.1, 0.15) is 18.5 Å². The van der Waals surface area contributed by atoms with E-state index in [0.29, 0.717) is 12.6 Å². The molecule has 2 N–H and O–H groups in total. The largest absolute Gasteiger partial charge is 0.383 e. The topological polar surface area (TPSA) is 58.1 Å². The van der Waals surface area contributed by atoms with Crippen LogP contribution in [-0.2, 0) is 9.47 Å². The van der Waals surface area contributed by atoms with Crippen molar-refractivity contribution in [3.63, 3.8) is 0 Å². The van der Waals surface area contributed by atoms with Gasteiger partial charge in [-0.15, -0.1) is 0 Å². The average Bonchev–Trinajstić information content (AvgIpc) is 2.63. The van der Waals surface area contributed by atoms with Crippen molar-refractivity contribution in [2.24, 2.45) is 4.99 Å². The number of morpholine rings is 1.